The van der Waals surface area contributed by atoms with Gasteiger partial charge in [0.1, 0.15) is 0 Å². The number of amides is 1. The SMILES string of the molecule is O=C(c1cccc(Cl)c1)N1CCN(Cc2cc(=O)c3ccccc3[nH]2)CC1. The van der Waals surface area contributed by atoms with Crippen molar-refractivity contribution in [1.29, 1.82) is 0 Å². The van der Waals surface area contributed by atoms with Crippen LogP contribution in [-0.2, 0) is 6.54 Å². The summed E-state index contributed by atoms with van der Waals surface area (Å²) in [6, 6.07) is 16.3. The fourth-order valence-electron chi connectivity index (χ4n) is 3.49. The van der Waals surface area contributed by atoms with Gasteiger partial charge in [-0.1, -0.05) is 29.8 Å². The summed E-state index contributed by atoms with van der Waals surface area (Å²) >= 11 is 5.99. The Morgan fingerprint density at radius 1 is 1.00 bits per heavy atom. The summed E-state index contributed by atoms with van der Waals surface area (Å²) in [7, 11) is 0. The molecule has 1 N–H and O–H groups in total. The third-order valence-corrected chi connectivity index (χ3v) is 5.15. The van der Waals surface area contributed by atoms with Gasteiger partial charge in [-0.05, 0) is 30.3 Å². The lowest BCUT2D eigenvalue weighted by atomic mass is 10.1. The second-order valence-electron chi connectivity index (χ2n) is 6.78. The second-order valence-corrected chi connectivity index (χ2v) is 7.22. The first-order chi connectivity index (χ1) is 13.1. The van der Waals surface area contributed by atoms with Gasteiger partial charge in [-0.15, -0.1) is 0 Å². The smallest absolute Gasteiger partial charge is 0.253 e. The molecule has 0 spiro atoms. The first-order valence-corrected chi connectivity index (χ1v) is 9.36. The molecular weight excluding hydrogens is 362 g/mol. The lowest BCUT2D eigenvalue weighted by molar-refractivity contribution is 0.0627. The largest absolute Gasteiger partial charge is 0.357 e. The summed E-state index contributed by atoms with van der Waals surface area (Å²) in [5.41, 5.74) is 2.41. The summed E-state index contributed by atoms with van der Waals surface area (Å²) in [4.78, 5) is 32.3. The van der Waals surface area contributed by atoms with E-state index < -0.39 is 0 Å². The van der Waals surface area contributed by atoms with Gasteiger partial charge in [0.05, 0.1) is 0 Å². The zero-order valence-corrected chi connectivity index (χ0v) is 15.6. The fraction of sp³-hybridized carbons (Fsp3) is 0.238. The number of aromatic nitrogens is 1. The molecule has 1 aliphatic rings. The highest BCUT2D eigenvalue weighted by atomic mass is 35.5. The first-order valence-electron chi connectivity index (χ1n) is 8.98. The van der Waals surface area contributed by atoms with Crippen LogP contribution >= 0.6 is 11.6 Å². The van der Waals surface area contributed by atoms with Crippen molar-refractivity contribution in [2.45, 2.75) is 6.54 Å². The number of para-hydroxylation sites is 1. The highest BCUT2D eigenvalue weighted by Gasteiger charge is 2.22. The van der Waals surface area contributed by atoms with Crippen LogP contribution in [0.1, 0.15) is 16.1 Å². The number of benzene rings is 2. The molecule has 27 heavy (non-hydrogen) atoms. The van der Waals surface area contributed by atoms with Gasteiger partial charge in [0.25, 0.3) is 5.91 Å². The zero-order chi connectivity index (χ0) is 18.8. The highest BCUT2D eigenvalue weighted by molar-refractivity contribution is 6.30. The maximum absolute atomic E-state index is 12.6. The van der Waals surface area contributed by atoms with Gasteiger partial charge in [-0.25, -0.2) is 0 Å². The van der Waals surface area contributed by atoms with Crippen LogP contribution in [0.15, 0.2) is 59.4 Å². The van der Waals surface area contributed by atoms with Crippen molar-refractivity contribution in [3.8, 4) is 0 Å². The van der Waals surface area contributed by atoms with Crippen molar-refractivity contribution < 1.29 is 4.79 Å². The van der Waals surface area contributed by atoms with Crippen LogP contribution in [0.2, 0.25) is 5.02 Å². The predicted molar refractivity (Wildman–Crippen MR) is 107 cm³/mol. The number of carbonyl (C=O) groups is 1. The molecule has 1 aromatic heterocycles. The van der Waals surface area contributed by atoms with Gasteiger partial charge in [-0.2, -0.15) is 0 Å². The Labute approximate surface area is 162 Å². The molecule has 6 heteroatoms. The second kappa shape index (κ2) is 7.55. The van der Waals surface area contributed by atoms with E-state index in [4.69, 9.17) is 11.6 Å². The number of hydrogen-bond acceptors (Lipinski definition) is 3. The van der Waals surface area contributed by atoms with Crippen LogP contribution in [0.25, 0.3) is 10.9 Å². The molecule has 2 heterocycles. The van der Waals surface area contributed by atoms with Crippen molar-refractivity contribution in [1.82, 2.24) is 14.8 Å². The lowest BCUT2D eigenvalue weighted by Crippen LogP contribution is -2.48. The van der Waals surface area contributed by atoms with Crippen LogP contribution in [0.3, 0.4) is 0 Å². The Morgan fingerprint density at radius 3 is 2.56 bits per heavy atom. The summed E-state index contributed by atoms with van der Waals surface area (Å²) in [6.07, 6.45) is 0. The van der Waals surface area contributed by atoms with E-state index in [-0.39, 0.29) is 11.3 Å². The van der Waals surface area contributed by atoms with Crippen LogP contribution in [-0.4, -0.2) is 46.9 Å². The van der Waals surface area contributed by atoms with Gasteiger partial charge in [0.2, 0.25) is 0 Å². The normalized spacial score (nSPS) is 15.2. The number of fused-ring (bicyclic) bond motifs is 1. The Bertz CT molecular complexity index is 1040. The third kappa shape index (κ3) is 3.89. The molecule has 0 bridgehead atoms. The summed E-state index contributed by atoms with van der Waals surface area (Å²) in [6.45, 7) is 3.51. The molecule has 1 aliphatic heterocycles. The molecule has 0 radical (unpaired) electrons. The molecule has 4 rings (SSSR count). The minimum absolute atomic E-state index is 0.0104. The summed E-state index contributed by atoms with van der Waals surface area (Å²) in [5.74, 6) is 0.0104. The molecule has 5 nitrogen and oxygen atoms in total. The van der Waals surface area contributed by atoms with E-state index in [1.165, 1.54) is 0 Å². The Balaban J connectivity index is 1.41. The van der Waals surface area contributed by atoms with E-state index in [2.05, 4.69) is 9.88 Å². The van der Waals surface area contributed by atoms with Gasteiger partial charge in [0.15, 0.2) is 5.43 Å². The lowest BCUT2D eigenvalue weighted by Gasteiger charge is -2.34. The average Bonchev–Trinajstić information content (AvgIpc) is 2.68. The van der Waals surface area contributed by atoms with Crippen LogP contribution in [0.5, 0.6) is 0 Å². The Hall–Kier alpha value is -2.63. The maximum atomic E-state index is 12.6. The number of rotatable bonds is 3. The molecule has 1 amide bonds. The minimum atomic E-state index is 0.0104. The topological polar surface area (TPSA) is 56.4 Å². The maximum Gasteiger partial charge on any atom is 0.253 e. The molecule has 0 unspecified atom stereocenters. The number of aromatic amines is 1. The van der Waals surface area contributed by atoms with Crippen LogP contribution in [0, 0.1) is 0 Å². The number of nitrogens with one attached hydrogen (secondary N) is 1. The van der Waals surface area contributed by atoms with E-state index in [1.54, 1.807) is 30.3 Å². The first kappa shape index (κ1) is 17.8. The minimum Gasteiger partial charge on any atom is -0.357 e. The third-order valence-electron chi connectivity index (χ3n) is 4.92. The molecule has 138 valence electrons. The van der Waals surface area contributed by atoms with Gasteiger partial charge >= 0.3 is 0 Å². The molecule has 1 fully saturated rings. The molecule has 0 aliphatic carbocycles. The van der Waals surface area contributed by atoms with Crippen molar-refractivity contribution in [3.63, 3.8) is 0 Å². The number of carbonyl (C=O) groups excluding carboxylic acids is 1. The molecule has 2 aromatic carbocycles. The van der Waals surface area contributed by atoms with Crippen LogP contribution in [0.4, 0.5) is 0 Å². The number of nitrogens with zero attached hydrogens (tertiary/aromatic N) is 2. The summed E-state index contributed by atoms with van der Waals surface area (Å²) < 4.78 is 0. The van der Waals surface area contributed by atoms with Crippen molar-refractivity contribution in [2.24, 2.45) is 0 Å². The van der Waals surface area contributed by atoms with Crippen LogP contribution < -0.4 is 5.43 Å². The predicted octanol–water partition coefficient (Wildman–Crippen LogP) is 3.14. The number of piperazine rings is 1. The van der Waals surface area contributed by atoms with Gasteiger partial charge in [0, 0.05) is 66.0 Å². The molecule has 3 aromatic rings. The van der Waals surface area contributed by atoms with E-state index in [0.717, 1.165) is 24.3 Å². The van der Waals surface area contributed by atoms with E-state index >= 15 is 0 Å². The average molecular weight is 382 g/mol. The van der Waals surface area contributed by atoms with E-state index in [1.807, 2.05) is 29.2 Å². The molecular formula is C21H20ClN3O2. The number of pyridine rings is 1. The van der Waals surface area contributed by atoms with Gasteiger partial charge < -0.3 is 9.88 Å². The number of hydrogen-bond donors (Lipinski definition) is 1. The molecule has 0 saturated carbocycles. The van der Waals surface area contributed by atoms with Gasteiger partial charge in [-0.3, -0.25) is 14.5 Å². The fourth-order valence-corrected chi connectivity index (χ4v) is 3.68. The van der Waals surface area contributed by atoms with E-state index in [0.29, 0.717) is 35.6 Å². The summed E-state index contributed by atoms with van der Waals surface area (Å²) in [5, 5.41) is 1.28. The van der Waals surface area contributed by atoms with Crippen molar-refractivity contribution >= 4 is 28.4 Å². The number of halogens is 1. The van der Waals surface area contributed by atoms with Crippen molar-refractivity contribution in [2.75, 3.05) is 26.2 Å². The Kier molecular flexibility index (Phi) is 4.97. The van der Waals surface area contributed by atoms with E-state index in [9.17, 15) is 9.59 Å². The quantitative estimate of drug-likeness (QED) is 0.758. The monoisotopic (exact) mass is 381 g/mol. The molecule has 0 atom stereocenters. The van der Waals surface area contributed by atoms with Crippen molar-refractivity contribution in [3.05, 3.63) is 81.1 Å². The standard InChI is InChI=1S/C21H20ClN3O2/c22-16-5-3-4-15(12-16)21(27)25-10-8-24(9-11-25)14-17-13-20(26)18-6-1-2-7-19(18)23-17/h1-7,12-13H,8-11,14H2,(H,23,26). The highest BCUT2D eigenvalue weighted by Crippen LogP contribution is 2.15. The molecule has 1 saturated heterocycles. The Morgan fingerprint density at radius 2 is 1.78 bits per heavy atom. The zero-order valence-electron chi connectivity index (χ0n) is 14.8. The number of H-pyrrole nitrogens is 1.